The number of benzene rings is 2. The van der Waals surface area contributed by atoms with E-state index in [2.05, 4.69) is 4.99 Å². The Morgan fingerprint density at radius 3 is 2.67 bits per heavy atom. The summed E-state index contributed by atoms with van der Waals surface area (Å²) in [6, 6.07) is 12.7. The fraction of sp³-hybridized carbons (Fsp3) is 0.0714. The Kier molecular flexibility index (Phi) is 4.37. The summed E-state index contributed by atoms with van der Waals surface area (Å²) >= 11 is 12.0. The lowest BCUT2D eigenvalue weighted by Crippen LogP contribution is -1.84. The second-order valence-corrected chi connectivity index (χ2v) is 4.51. The molecule has 0 spiro atoms. The molecule has 0 aliphatic heterocycles. The maximum Gasteiger partial charge on any atom is 0.0682 e. The van der Waals surface area contributed by atoms with Crippen molar-refractivity contribution in [2.45, 2.75) is 6.61 Å². The molecule has 0 saturated carbocycles. The molecule has 2 aromatic rings. The molecule has 1 N–H and O–H groups in total. The van der Waals surface area contributed by atoms with E-state index in [0.29, 0.717) is 10.0 Å². The summed E-state index contributed by atoms with van der Waals surface area (Å²) in [5.41, 5.74) is 2.35. The molecule has 2 aromatic carbocycles. The number of aliphatic hydroxyl groups excluding tert-OH is 1. The predicted octanol–water partition coefficient (Wildman–Crippen LogP) is 4.24. The minimum atomic E-state index is 0.00127. The Labute approximate surface area is 116 Å². The molecule has 0 aliphatic rings. The number of rotatable bonds is 3. The number of aliphatic imine (C=N–C) groups is 1. The van der Waals surface area contributed by atoms with E-state index in [4.69, 9.17) is 28.3 Å². The molecule has 0 atom stereocenters. The van der Waals surface area contributed by atoms with E-state index in [1.807, 2.05) is 36.4 Å². The van der Waals surface area contributed by atoms with Gasteiger partial charge in [-0.15, -0.1) is 0 Å². The van der Waals surface area contributed by atoms with Crippen LogP contribution in [0, 0.1) is 0 Å². The Morgan fingerprint density at radius 1 is 1.11 bits per heavy atom. The number of hydrogen-bond acceptors (Lipinski definition) is 2. The van der Waals surface area contributed by atoms with E-state index in [0.717, 1.165) is 16.8 Å². The van der Waals surface area contributed by atoms with Gasteiger partial charge in [0.15, 0.2) is 0 Å². The van der Waals surface area contributed by atoms with Gasteiger partial charge in [0.05, 0.1) is 22.3 Å². The van der Waals surface area contributed by atoms with E-state index in [-0.39, 0.29) is 6.61 Å². The van der Waals surface area contributed by atoms with Gasteiger partial charge in [-0.3, -0.25) is 4.99 Å². The van der Waals surface area contributed by atoms with Gasteiger partial charge in [-0.05, 0) is 23.8 Å². The van der Waals surface area contributed by atoms with Crippen LogP contribution < -0.4 is 0 Å². The number of nitrogens with zero attached hydrogens (tertiary/aromatic N) is 1. The van der Waals surface area contributed by atoms with Crippen molar-refractivity contribution < 1.29 is 5.11 Å². The fourth-order valence-corrected chi connectivity index (χ4v) is 1.86. The van der Waals surface area contributed by atoms with Gasteiger partial charge in [0.25, 0.3) is 0 Å². The second-order valence-electron chi connectivity index (χ2n) is 3.73. The van der Waals surface area contributed by atoms with Crippen LogP contribution in [-0.4, -0.2) is 11.3 Å². The van der Waals surface area contributed by atoms with E-state index >= 15 is 0 Å². The third kappa shape index (κ3) is 3.10. The molecule has 0 aliphatic carbocycles. The highest BCUT2D eigenvalue weighted by molar-refractivity contribution is 6.43. The lowest BCUT2D eigenvalue weighted by atomic mass is 10.2. The van der Waals surface area contributed by atoms with Crippen LogP contribution in [0.2, 0.25) is 10.0 Å². The van der Waals surface area contributed by atoms with Crippen LogP contribution in [0.25, 0.3) is 0 Å². The molecule has 0 heterocycles. The molecule has 18 heavy (non-hydrogen) atoms. The lowest BCUT2D eigenvalue weighted by Gasteiger charge is -2.00. The number of aliphatic hydroxyl groups is 1. The van der Waals surface area contributed by atoms with Crippen LogP contribution in [-0.2, 0) is 6.61 Å². The molecular formula is C14H11Cl2NO. The van der Waals surface area contributed by atoms with Crippen molar-refractivity contribution in [2.75, 3.05) is 0 Å². The summed E-state index contributed by atoms with van der Waals surface area (Å²) in [7, 11) is 0. The summed E-state index contributed by atoms with van der Waals surface area (Å²) in [6.07, 6.45) is 1.66. The molecule has 0 saturated heterocycles. The van der Waals surface area contributed by atoms with Crippen LogP contribution in [0.5, 0.6) is 0 Å². The van der Waals surface area contributed by atoms with E-state index in [9.17, 15) is 0 Å². The Balaban J connectivity index is 2.27. The first-order chi connectivity index (χ1) is 8.70. The monoisotopic (exact) mass is 279 g/mol. The van der Waals surface area contributed by atoms with Crippen molar-refractivity contribution >= 4 is 35.1 Å². The smallest absolute Gasteiger partial charge is 0.0682 e. The quantitative estimate of drug-likeness (QED) is 0.838. The Bertz CT molecular complexity index is 582. The highest BCUT2D eigenvalue weighted by Gasteiger charge is 2.01. The molecular weight excluding hydrogens is 269 g/mol. The van der Waals surface area contributed by atoms with Gasteiger partial charge < -0.3 is 5.11 Å². The predicted molar refractivity (Wildman–Crippen MR) is 76.1 cm³/mol. The first kappa shape index (κ1) is 13.1. The average molecular weight is 280 g/mol. The van der Waals surface area contributed by atoms with E-state index < -0.39 is 0 Å². The summed E-state index contributed by atoms with van der Waals surface area (Å²) in [6.45, 7) is 0.00127. The van der Waals surface area contributed by atoms with Gasteiger partial charge >= 0.3 is 0 Å². The third-order valence-corrected chi connectivity index (χ3v) is 3.26. The summed E-state index contributed by atoms with van der Waals surface area (Å²) < 4.78 is 0. The number of halogens is 2. The first-order valence-electron chi connectivity index (χ1n) is 5.38. The molecule has 0 fully saturated rings. The average Bonchev–Trinajstić information content (AvgIpc) is 2.41. The van der Waals surface area contributed by atoms with Crippen LogP contribution in [0.3, 0.4) is 0 Å². The highest BCUT2D eigenvalue weighted by atomic mass is 35.5. The van der Waals surface area contributed by atoms with Gasteiger partial charge in [0.1, 0.15) is 0 Å². The second kappa shape index (κ2) is 6.01. The highest BCUT2D eigenvalue weighted by Crippen LogP contribution is 2.25. The van der Waals surface area contributed by atoms with Gasteiger partial charge in [-0.25, -0.2) is 0 Å². The van der Waals surface area contributed by atoms with Crippen molar-refractivity contribution in [3.8, 4) is 0 Å². The molecule has 2 nitrogen and oxygen atoms in total. The Morgan fingerprint density at radius 2 is 1.89 bits per heavy atom. The van der Waals surface area contributed by atoms with Crippen molar-refractivity contribution in [3.05, 3.63) is 63.6 Å². The summed E-state index contributed by atoms with van der Waals surface area (Å²) in [4.78, 5) is 4.31. The SMILES string of the molecule is OCc1cccc(N=Cc2cccc(Cl)c2Cl)c1. The van der Waals surface area contributed by atoms with Crippen LogP contribution in [0.4, 0.5) is 5.69 Å². The van der Waals surface area contributed by atoms with Crippen LogP contribution >= 0.6 is 23.2 Å². The van der Waals surface area contributed by atoms with Crippen LogP contribution in [0.15, 0.2) is 47.5 Å². The normalized spacial score (nSPS) is 11.1. The van der Waals surface area contributed by atoms with Gasteiger partial charge in [-0.1, -0.05) is 47.5 Å². The zero-order chi connectivity index (χ0) is 13.0. The molecule has 0 amide bonds. The van der Waals surface area contributed by atoms with Crippen molar-refractivity contribution in [1.29, 1.82) is 0 Å². The van der Waals surface area contributed by atoms with Crippen molar-refractivity contribution in [2.24, 2.45) is 4.99 Å². The molecule has 0 bridgehead atoms. The maximum atomic E-state index is 9.04. The topological polar surface area (TPSA) is 32.6 Å². The summed E-state index contributed by atoms with van der Waals surface area (Å²) in [5.74, 6) is 0. The van der Waals surface area contributed by atoms with Crippen LogP contribution in [0.1, 0.15) is 11.1 Å². The molecule has 0 unspecified atom stereocenters. The van der Waals surface area contributed by atoms with Gasteiger partial charge in [0, 0.05) is 11.8 Å². The zero-order valence-corrected chi connectivity index (χ0v) is 11.0. The standard InChI is InChI=1S/C14H11Cl2NO/c15-13-6-2-4-11(14(13)16)8-17-12-5-1-3-10(7-12)9-18/h1-8,18H,9H2. The van der Waals surface area contributed by atoms with E-state index in [1.165, 1.54) is 0 Å². The summed E-state index contributed by atoms with van der Waals surface area (Å²) in [5, 5.41) is 10.0. The molecule has 92 valence electrons. The fourth-order valence-electron chi connectivity index (χ4n) is 1.50. The molecule has 4 heteroatoms. The molecule has 0 radical (unpaired) electrons. The van der Waals surface area contributed by atoms with Crippen molar-refractivity contribution in [1.82, 2.24) is 0 Å². The minimum absolute atomic E-state index is 0.00127. The molecule has 0 aromatic heterocycles. The first-order valence-corrected chi connectivity index (χ1v) is 6.14. The Hall–Kier alpha value is -1.35. The van der Waals surface area contributed by atoms with Crippen molar-refractivity contribution in [3.63, 3.8) is 0 Å². The largest absolute Gasteiger partial charge is 0.392 e. The lowest BCUT2D eigenvalue weighted by molar-refractivity contribution is 0.282. The van der Waals surface area contributed by atoms with E-state index in [1.54, 1.807) is 12.3 Å². The maximum absolute atomic E-state index is 9.04. The third-order valence-electron chi connectivity index (χ3n) is 2.43. The number of hydrogen-bond donors (Lipinski definition) is 1. The minimum Gasteiger partial charge on any atom is -0.392 e. The molecule has 2 rings (SSSR count). The van der Waals surface area contributed by atoms with Gasteiger partial charge in [0.2, 0.25) is 0 Å². The van der Waals surface area contributed by atoms with Gasteiger partial charge in [-0.2, -0.15) is 0 Å². The zero-order valence-electron chi connectivity index (χ0n) is 9.48.